The van der Waals surface area contributed by atoms with Crippen LogP contribution in [0.3, 0.4) is 0 Å². The van der Waals surface area contributed by atoms with Crippen molar-refractivity contribution in [3.63, 3.8) is 0 Å². The number of aromatic nitrogens is 1. The van der Waals surface area contributed by atoms with Gasteiger partial charge in [0.15, 0.2) is 0 Å². The van der Waals surface area contributed by atoms with Crippen LogP contribution >= 0.6 is 0 Å². The number of piperidine rings is 1. The maximum atomic E-state index is 12.7. The highest BCUT2D eigenvalue weighted by atomic mass is 16.6. The van der Waals surface area contributed by atoms with Crippen molar-refractivity contribution in [1.82, 2.24) is 9.47 Å². The van der Waals surface area contributed by atoms with Crippen LogP contribution in [-0.2, 0) is 9.53 Å². The smallest absolute Gasteiger partial charge is 0.410 e. The molecular weight excluding hydrogens is 422 g/mol. The fourth-order valence-corrected chi connectivity index (χ4v) is 3.40. The van der Waals surface area contributed by atoms with E-state index in [1.54, 1.807) is 41.4 Å². The van der Waals surface area contributed by atoms with E-state index in [2.05, 4.69) is 5.32 Å². The normalized spacial score (nSPS) is 14.8. The third kappa shape index (κ3) is 6.60. The highest BCUT2D eigenvalue weighted by Gasteiger charge is 2.25. The van der Waals surface area contributed by atoms with Gasteiger partial charge >= 0.3 is 6.09 Å². The Bertz CT molecular complexity index is 1030. The Kier molecular flexibility index (Phi) is 7.46. The average molecular weight is 456 g/mol. The molecule has 1 N–H and O–H groups in total. The van der Waals surface area contributed by atoms with Gasteiger partial charge in [-0.15, -0.1) is 0 Å². The molecule has 1 aliphatic heterocycles. The second-order valence-electron chi connectivity index (χ2n) is 9.56. The number of hydrogen-bond donors (Lipinski definition) is 1. The molecule has 1 fully saturated rings. The lowest BCUT2D eigenvalue weighted by Crippen LogP contribution is -2.42. The topological polar surface area (TPSA) is 89.9 Å². The minimum absolute atomic E-state index is 0.0611. The van der Waals surface area contributed by atoms with Gasteiger partial charge in [-0.2, -0.15) is 0 Å². The quantitative estimate of drug-likeness (QED) is 0.729. The van der Waals surface area contributed by atoms with E-state index in [4.69, 9.17) is 9.47 Å². The fourth-order valence-electron chi connectivity index (χ4n) is 3.40. The van der Waals surface area contributed by atoms with Crippen molar-refractivity contribution < 1.29 is 19.1 Å². The number of benzene rings is 1. The molecule has 0 aliphatic carbocycles. The summed E-state index contributed by atoms with van der Waals surface area (Å²) in [6, 6.07) is 10.3. The lowest BCUT2D eigenvalue weighted by molar-refractivity contribution is -0.123. The van der Waals surface area contributed by atoms with E-state index in [0.29, 0.717) is 43.1 Å². The summed E-state index contributed by atoms with van der Waals surface area (Å²) in [7, 11) is 0. The molecule has 1 saturated heterocycles. The number of nitrogens with one attached hydrogen (secondary N) is 1. The van der Waals surface area contributed by atoms with Crippen molar-refractivity contribution in [2.24, 2.45) is 5.41 Å². The van der Waals surface area contributed by atoms with Crippen LogP contribution in [0.25, 0.3) is 5.69 Å². The van der Waals surface area contributed by atoms with Crippen LogP contribution in [0, 0.1) is 5.41 Å². The van der Waals surface area contributed by atoms with Crippen LogP contribution in [0.2, 0.25) is 0 Å². The van der Waals surface area contributed by atoms with Gasteiger partial charge in [0.2, 0.25) is 5.91 Å². The van der Waals surface area contributed by atoms with E-state index < -0.39 is 5.41 Å². The molecule has 3 rings (SSSR count). The molecule has 0 bridgehead atoms. The second-order valence-corrected chi connectivity index (χ2v) is 9.56. The van der Waals surface area contributed by atoms with Gasteiger partial charge in [0.1, 0.15) is 11.9 Å². The zero-order valence-corrected chi connectivity index (χ0v) is 20.0. The number of pyridine rings is 1. The van der Waals surface area contributed by atoms with Crippen molar-refractivity contribution in [2.45, 2.75) is 59.7 Å². The summed E-state index contributed by atoms with van der Waals surface area (Å²) in [5.74, 6) is 0.435. The van der Waals surface area contributed by atoms with Crippen LogP contribution in [0.15, 0.2) is 47.4 Å². The summed E-state index contributed by atoms with van der Waals surface area (Å²) >= 11 is 0. The zero-order valence-electron chi connectivity index (χ0n) is 20.0. The molecule has 2 aromatic rings. The van der Waals surface area contributed by atoms with E-state index in [0.717, 1.165) is 0 Å². The molecule has 1 aliphatic rings. The first-order valence-corrected chi connectivity index (χ1v) is 11.3. The lowest BCUT2D eigenvalue weighted by atomic mass is 9.95. The highest BCUT2D eigenvalue weighted by Crippen LogP contribution is 2.21. The fraction of sp³-hybridized carbons (Fsp3) is 0.480. The highest BCUT2D eigenvalue weighted by molar-refractivity contribution is 5.94. The SMILES string of the molecule is CC(C)OC(=O)N1CCC(Oc2ccn(-c3ccc(NC(=O)C(C)(C)C)cc3)c(=O)c2)CC1. The standard InChI is InChI=1S/C25H33N3O5/c1-17(2)32-24(31)27-13-10-20(11-14-27)33-21-12-15-28(22(29)16-21)19-8-6-18(7-9-19)26-23(30)25(3,4)5/h6-9,12,15-17,20H,10-11,13-14H2,1-5H3,(H,26,30). The van der Waals surface area contributed by atoms with Gasteiger partial charge in [-0.05, 0) is 44.2 Å². The molecule has 1 aromatic heterocycles. The van der Waals surface area contributed by atoms with E-state index in [1.165, 1.54) is 10.6 Å². The van der Waals surface area contributed by atoms with E-state index in [9.17, 15) is 14.4 Å². The molecule has 0 unspecified atom stereocenters. The molecule has 8 nitrogen and oxygen atoms in total. The molecule has 1 aromatic carbocycles. The Morgan fingerprint density at radius 1 is 1.06 bits per heavy atom. The van der Waals surface area contributed by atoms with Crippen LogP contribution in [0.4, 0.5) is 10.5 Å². The van der Waals surface area contributed by atoms with Crippen LogP contribution in [0.5, 0.6) is 5.75 Å². The predicted octanol–water partition coefficient (Wildman–Crippen LogP) is 4.21. The molecule has 0 saturated carbocycles. The number of nitrogens with zero attached hydrogens (tertiary/aromatic N) is 2. The molecule has 2 amide bonds. The lowest BCUT2D eigenvalue weighted by Gasteiger charge is -2.32. The molecule has 8 heteroatoms. The van der Waals surface area contributed by atoms with Gasteiger partial charge < -0.3 is 19.7 Å². The van der Waals surface area contributed by atoms with E-state index in [-0.39, 0.29) is 29.8 Å². The number of ether oxygens (including phenoxy) is 2. The van der Waals surface area contributed by atoms with Crippen molar-refractivity contribution in [3.8, 4) is 11.4 Å². The maximum Gasteiger partial charge on any atom is 0.410 e. The number of anilines is 1. The van der Waals surface area contributed by atoms with Gasteiger partial charge in [-0.25, -0.2) is 4.79 Å². The third-order valence-corrected chi connectivity index (χ3v) is 5.32. The van der Waals surface area contributed by atoms with Gasteiger partial charge in [0, 0.05) is 55.0 Å². The number of amides is 2. The molecule has 33 heavy (non-hydrogen) atoms. The first kappa shape index (κ1) is 24.4. The number of rotatable bonds is 5. The maximum absolute atomic E-state index is 12.7. The first-order chi connectivity index (χ1) is 15.5. The van der Waals surface area contributed by atoms with Gasteiger partial charge in [-0.3, -0.25) is 14.2 Å². The molecule has 0 atom stereocenters. The van der Waals surface area contributed by atoms with Crippen molar-refractivity contribution in [3.05, 3.63) is 52.9 Å². The summed E-state index contributed by atoms with van der Waals surface area (Å²) in [6.07, 6.45) is 2.53. The Morgan fingerprint density at radius 3 is 2.24 bits per heavy atom. The number of likely N-dealkylation sites (tertiary alicyclic amines) is 1. The summed E-state index contributed by atoms with van der Waals surface area (Å²) < 4.78 is 12.7. The van der Waals surface area contributed by atoms with E-state index >= 15 is 0 Å². The van der Waals surface area contributed by atoms with Crippen LogP contribution < -0.4 is 15.6 Å². The Labute approximate surface area is 194 Å². The number of carbonyl (C=O) groups excluding carboxylic acids is 2. The Morgan fingerprint density at radius 2 is 1.70 bits per heavy atom. The predicted molar refractivity (Wildman–Crippen MR) is 127 cm³/mol. The number of carbonyl (C=O) groups is 2. The molecule has 0 spiro atoms. The zero-order chi connectivity index (χ0) is 24.2. The third-order valence-electron chi connectivity index (χ3n) is 5.32. The summed E-state index contributed by atoms with van der Waals surface area (Å²) in [6.45, 7) is 10.3. The van der Waals surface area contributed by atoms with Crippen LogP contribution in [-0.4, -0.2) is 46.8 Å². The minimum atomic E-state index is -0.487. The minimum Gasteiger partial charge on any atom is -0.490 e. The second kappa shape index (κ2) is 10.1. The molecule has 2 heterocycles. The number of hydrogen-bond acceptors (Lipinski definition) is 5. The molecular formula is C25H33N3O5. The van der Waals surface area contributed by atoms with Crippen LogP contribution in [0.1, 0.15) is 47.5 Å². The monoisotopic (exact) mass is 455 g/mol. The first-order valence-electron chi connectivity index (χ1n) is 11.3. The Hall–Kier alpha value is -3.29. The van der Waals surface area contributed by atoms with E-state index in [1.807, 2.05) is 34.6 Å². The van der Waals surface area contributed by atoms with Crippen molar-refractivity contribution >= 4 is 17.7 Å². The van der Waals surface area contributed by atoms with Crippen molar-refractivity contribution in [2.75, 3.05) is 18.4 Å². The van der Waals surface area contributed by atoms with Gasteiger partial charge in [0.25, 0.3) is 5.56 Å². The summed E-state index contributed by atoms with van der Waals surface area (Å²) in [5, 5.41) is 2.87. The van der Waals surface area contributed by atoms with Crippen molar-refractivity contribution in [1.29, 1.82) is 0 Å². The largest absolute Gasteiger partial charge is 0.490 e. The summed E-state index contributed by atoms with van der Waals surface area (Å²) in [4.78, 5) is 38.5. The van der Waals surface area contributed by atoms with Gasteiger partial charge in [-0.1, -0.05) is 20.8 Å². The Balaban J connectivity index is 1.59. The molecule has 0 radical (unpaired) electrons. The molecule has 178 valence electrons. The summed E-state index contributed by atoms with van der Waals surface area (Å²) in [5.41, 5.74) is 0.670. The average Bonchev–Trinajstić information content (AvgIpc) is 2.74. The van der Waals surface area contributed by atoms with Gasteiger partial charge in [0.05, 0.1) is 6.10 Å².